The molecule has 25 heavy (non-hydrogen) atoms. The predicted molar refractivity (Wildman–Crippen MR) is 102 cm³/mol. The molecule has 1 aromatic carbocycles. The first-order valence-electron chi connectivity index (χ1n) is 8.56. The van der Waals surface area contributed by atoms with Gasteiger partial charge in [-0.1, -0.05) is 25.3 Å². The Kier molecular flexibility index (Phi) is 9.49. The van der Waals surface area contributed by atoms with E-state index in [9.17, 15) is 9.59 Å². The van der Waals surface area contributed by atoms with Gasteiger partial charge in [0.15, 0.2) is 0 Å². The Hall–Kier alpha value is -1.63. The van der Waals surface area contributed by atoms with Gasteiger partial charge in [0.1, 0.15) is 0 Å². The molecule has 1 unspecified atom stereocenters. The van der Waals surface area contributed by atoms with Crippen LogP contribution in [0.1, 0.15) is 38.5 Å². The molecule has 2 rings (SSSR count). The summed E-state index contributed by atoms with van der Waals surface area (Å²) in [6.07, 6.45) is 5.28. The van der Waals surface area contributed by atoms with E-state index in [0.29, 0.717) is 17.9 Å². The number of ether oxygens (including phenoxy) is 1. The number of hydrogen-bond donors (Lipinski definition) is 3. The fourth-order valence-electron chi connectivity index (χ4n) is 2.97. The molecule has 0 aliphatic heterocycles. The van der Waals surface area contributed by atoms with Crippen LogP contribution < -0.4 is 16.4 Å². The van der Waals surface area contributed by atoms with Crippen molar-refractivity contribution < 1.29 is 14.3 Å². The molecule has 1 fully saturated rings. The van der Waals surface area contributed by atoms with E-state index in [-0.39, 0.29) is 42.7 Å². The minimum Gasteiger partial charge on any atom is -0.380 e. The van der Waals surface area contributed by atoms with Crippen molar-refractivity contribution in [3.63, 3.8) is 0 Å². The van der Waals surface area contributed by atoms with Crippen LogP contribution in [0, 0.1) is 5.92 Å². The van der Waals surface area contributed by atoms with Gasteiger partial charge in [-0.3, -0.25) is 9.59 Å². The second kappa shape index (κ2) is 11.1. The van der Waals surface area contributed by atoms with Crippen molar-refractivity contribution in [2.24, 2.45) is 11.7 Å². The summed E-state index contributed by atoms with van der Waals surface area (Å²) in [6.45, 7) is 0.293. The van der Waals surface area contributed by atoms with Crippen LogP contribution in [0.4, 0.5) is 11.4 Å². The van der Waals surface area contributed by atoms with Crippen molar-refractivity contribution in [1.82, 2.24) is 0 Å². The maximum atomic E-state index is 12.3. The number of methoxy groups -OCH3 is 1. The van der Waals surface area contributed by atoms with Gasteiger partial charge in [-0.15, -0.1) is 12.4 Å². The first-order chi connectivity index (χ1) is 11.6. The molecule has 0 spiro atoms. The zero-order valence-electron chi connectivity index (χ0n) is 14.6. The molecule has 1 aliphatic carbocycles. The third-order valence-corrected chi connectivity index (χ3v) is 4.40. The van der Waals surface area contributed by atoms with Gasteiger partial charge in [-0.2, -0.15) is 0 Å². The van der Waals surface area contributed by atoms with Crippen molar-refractivity contribution >= 4 is 35.6 Å². The SMILES string of the molecule is COC(CN)CC(=O)Nc1cccc(NC(=O)C2CCCCC2)c1.Cl. The molecule has 0 heterocycles. The van der Waals surface area contributed by atoms with E-state index in [4.69, 9.17) is 10.5 Å². The average molecular weight is 370 g/mol. The molecule has 2 amide bonds. The number of halogens is 1. The second-order valence-electron chi connectivity index (χ2n) is 6.25. The van der Waals surface area contributed by atoms with E-state index in [2.05, 4.69) is 10.6 Å². The van der Waals surface area contributed by atoms with Crippen LogP contribution in [0.15, 0.2) is 24.3 Å². The highest BCUT2D eigenvalue weighted by Crippen LogP contribution is 2.25. The Morgan fingerprint density at radius 1 is 1.20 bits per heavy atom. The fourth-order valence-corrected chi connectivity index (χ4v) is 2.97. The highest BCUT2D eigenvalue weighted by molar-refractivity contribution is 5.95. The number of amides is 2. The Balaban J connectivity index is 0.00000312. The Labute approximate surface area is 155 Å². The van der Waals surface area contributed by atoms with E-state index < -0.39 is 0 Å². The summed E-state index contributed by atoms with van der Waals surface area (Å²) in [5.74, 6) is 0.00725. The van der Waals surface area contributed by atoms with Crippen LogP contribution >= 0.6 is 12.4 Å². The molecule has 0 bridgehead atoms. The lowest BCUT2D eigenvalue weighted by molar-refractivity contribution is -0.121. The number of anilines is 2. The van der Waals surface area contributed by atoms with E-state index in [1.807, 2.05) is 12.1 Å². The van der Waals surface area contributed by atoms with Gasteiger partial charge in [0.25, 0.3) is 0 Å². The van der Waals surface area contributed by atoms with Gasteiger partial charge in [-0.25, -0.2) is 0 Å². The highest BCUT2D eigenvalue weighted by atomic mass is 35.5. The number of carbonyl (C=O) groups excluding carboxylic acids is 2. The predicted octanol–water partition coefficient (Wildman–Crippen LogP) is 2.93. The number of rotatable bonds is 7. The lowest BCUT2D eigenvalue weighted by Crippen LogP contribution is -2.28. The average Bonchev–Trinajstić information content (AvgIpc) is 2.60. The summed E-state index contributed by atoms with van der Waals surface area (Å²) in [5.41, 5.74) is 6.87. The number of hydrogen-bond acceptors (Lipinski definition) is 4. The maximum absolute atomic E-state index is 12.3. The monoisotopic (exact) mass is 369 g/mol. The molecule has 0 aromatic heterocycles. The standard InChI is InChI=1S/C18H27N3O3.ClH/c1-24-16(12-19)11-17(22)20-14-8-5-9-15(10-14)21-18(23)13-6-3-2-4-7-13;/h5,8-10,13,16H,2-4,6-7,11-12,19H2,1H3,(H,20,22)(H,21,23);1H. The van der Waals surface area contributed by atoms with Crippen LogP contribution in [-0.4, -0.2) is 31.6 Å². The molecule has 4 N–H and O–H groups in total. The zero-order chi connectivity index (χ0) is 17.4. The summed E-state index contributed by atoms with van der Waals surface area (Å²) in [6, 6.07) is 7.19. The quantitative estimate of drug-likeness (QED) is 0.688. The molecule has 0 radical (unpaired) electrons. The van der Waals surface area contributed by atoms with Crippen LogP contribution in [0.5, 0.6) is 0 Å². The Morgan fingerprint density at radius 3 is 2.44 bits per heavy atom. The molecule has 6 nitrogen and oxygen atoms in total. The molecule has 0 saturated heterocycles. The number of carbonyl (C=O) groups is 2. The second-order valence-corrected chi connectivity index (χ2v) is 6.25. The minimum atomic E-state index is -0.292. The van der Waals surface area contributed by atoms with Crippen LogP contribution in [0.2, 0.25) is 0 Å². The summed E-state index contributed by atoms with van der Waals surface area (Å²) in [4.78, 5) is 24.3. The van der Waals surface area contributed by atoms with Crippen LogP contribution in [-0.2, 0) is 14.3 Å². The van der Waals surface area contributed by atoms with Crippen molar-refractivity contribution in [1.29, 1.82) is 0 Å². The smallest absolute Gasteiger partial charge is 0.227 e. The van der Waals surface area contributed by atoms with Crippen LogP contribution in [0.25, 0.3) is 0 Å². The van der Waals surface area contributed by atoms with Gasteiger partial charge in [0, 0.05) is 30.9 Å². The number of nitrogens with two attached hydrogens (primary N) is 1. The molecule has 140 valence electrons. The summed E-state index contributed by atoms with van der Waals surface area (Å²) in [5, 5.41) is 5.76. The van der Waals surface area contributed by atoms with Crippen molar-refractivity contribution in [3.05, 3.63) is 24.3 Å². The lowest BCUT2D eigenvalue weighted by Gasteiger charge is -2.21. The third-order valence-electron chi connectivity index (χ3n) is 4.40. The molecule has 1 aromatic rings. The molecule has 7 heteroatoms. The molecular formula is C18H28ClN3O3. The number of nitrogens with one attached hydrogen (secondary N) is 2. The Morgan fingerprint density at radius 2 is 1.84 bits per heavy atom. The zero-order valence-corrected chi connectivity index (χ0v) is 15.4. The summed E-state index contributed by atoms with van der Waals surface area (Å²) in [7, 11) is 1.53. The maximum Gasteiger partial charge on any atom is 0.227 e. The van der Waals surface area contributed by atoms with E-state index >= 15 is 0 Å². The van der Waals surface area contributed by atoms with Gasteiger partial charge in [-0.05, 0) is 31.0 Å². The third kappa shape index (κ3) is 7.02. The van der Waals surface area contributed by atoms with Gasteiger partial charge in [0.05, 0.1) is 12.5 Å². The summed E-state index contributed by atoms with van der Waals surface area (Å²) >= 11 is 0. The molecule has 1 atom stereocenters. The topological polar surface area (TPSA) is 93.4 Å². The summed E-state index contributed by atoms with van der Waals surface area (Å²) < 4.78 is 5.11. The molecular weight excluding hydrogens is 342 g/mol. The molecule has 1 aliphatic rings. The minimum absolute atomic E-state index is 0. The highest BCUT2D eigenvalue weighted by Gasteiger charge is 2.21. The van der Waals surface area contributed by atoms with Crippen LogP contribution in [0.3, 0.4) is 0 Å². The van der Waals surface area contributed by atoms with E-state index in [0.717, 1.165) is 25.7 Å². The van der Waals surface area contributed by atoms with Crippen molar-refractivity contribution in [2.45, 2.75) is 44.6 Å². The first kappa shape index (κ1) is 21.4. The van der Waals surface area contributed by atoms with E-state index in [1.165, 1.54) is 13.5 Å². The van der Waals surface area contributed by atoms with Crippen molar-refractivity contribution in [3.8, 4) is 0 Å². The largest absolute Gasteiger partial charge is 0.380 e. The lowest BCUT2D eigenvalue weighted by atomic mass is 9.88. The number of benzene rings is 1. The molecule has 1 saturated carbocycles. The van der Waals surface area contributed by atoms with Gasteiger partial charge < -0.3 is 21.1 Å². The fraction of sp³-hybridized carbons (Fsp3) is 0.556. The Bertz CT molecular complexity index is 558. The van der Waals surface area contributed by atoms with E-state index in [1.54, 1.807) is 12.1 Å². The van der Waals surface area contributed by atoms with Crippen molar-refractivity contribution in [2.75, 3.05) is 24.3 Å². The van der Waals surface area contributed by atoms with Gasteiger partial charge >= 0.3 is 0 Å². The normalized spacial score (nSPS) is 15.8. The van der Waals surface area contributed by atoms with Gasteiger partial charge in [0.2, 0.25) is 11.8 Å². The first-order valence-corrected chi connectivity index (χ1v) is 8.56.